The first-order valence-corrected chi connectivity index (χ1v) is 6.31. The van der Waals surface area contributed by atoms with Crippen LogP contribution in [0.5, 0.6) is 0 Å². The van der Waals surface area contributed by atoms with E-state index in [1.165, 1.54) is 17.3 Å². The van der Waals surface area contributed by atoms with Gasteiger partial charge in [-0.05, 0) is 44.2 Å². The molecule has 0 atom stereocenters. The average molecular weight is 287 g/mol. The van der Waals surface area contributed by atoms with Gasteiger partial charge >= 0.3 is 0 Å². The predicted molar refractivity (Wildman–Crippen MR) is 76.6 cm³/mol. The molecule has 0 spiro atoms. The van der Waals surface area contributed by atoms with Crippen LogP contribution in [-0.2, 0) is 0 Å². The third-order valence-electron chi connectivity index (χ3n) is 3.00. The van der Waals surface area contributed by atoms with Crippen molar-refractivity contribution >= 4 is 11.8 Å². The Hall–Kier alpha value is -2.74. The Morgan fingerprint density at radius 2 is 1.86 bits per heavy atom. The number of hydrazine groups is 2. The Labute approximate surface area is 120 Å². The summed E-state index contributed by atoms with van der Waals surface area (Å²) < 4.78 is 14.6. The summed E-state index contributed by atoms with van der Waals surface area (Å²) in [6.07, 6.45) is 0. The third kappa shape index (κ3) is 2.48. The second-order valence-corrected chi connectivity index (χ2v) is 4.67. The van der Waals surface area contributed by atoms with Gasteiger partial charge in [-0.2, -0.15) is 10.2 Å². The van der Waals surface area contributed by atoms with Crippen LogP contribution in [0.2, 0.25) is 0 Å². The van der Waals surface area contributed by atoms with E-state index < -0.39 is 0 Å². The van der Waals surface area contributed by atoms with Gasteiger partial charge in [-0.3, -0.25) is 0 Å². The van der Waals surface area contributed by atoms with Gasteiger partial charge in [0.25, 0.3) is 5.96 Å². The quantitative estimate of drug-likeness (QED) is 0.763. The van der Waals surface area contributed by atoms with Gasteiger partial charge in [-0.15, -0.1) is 10.2 Å². The van der Waals surface area contributed by atoms with Crippen LogP contribution in [-0.4, -0.2) is 26.7 Å². The molecule has 3 rings (SSSR count). The molecule has 3 N–H and O–H groups in total. The molecule has 0 saturated heterocycles. The number of amidine groups is 1. The molecule has 7 nitrogen and oxygen atoms in total. The molecule has 0 bridgehead atoms. The number of nitrogens with zero attached hydrogens (tertiary/aromatic N) is 5. The zero-order chi connectivity index (χ0) is 15.0. The maximum Gasteiger partial charge on any atom is 0.264 e. The number of rotatable bonds is 1. The average Bonchev–Trinajstić information content (AvgIpc) is 2.79. The molecular weight excluding hydrogens is 273 g/mol. The Bertz CT molecular complexity index is 729. The summed E-state index contributed by atoms with van der Waals surface area (Å²) in [7, 11) is 0. The minimum atomic E-state index is -0.321. The second kappa shape index (κ2) is 4.98. The Kier molecular flexibility index (Phi) is 3.15. The highest BCUT2D eigenvalue weighted by molar-refractivity contribution is 6.01. The maximum atomic E-state index is 12.9. The van der Waals surface area contributed by atoms with Crippen LogP contribution in [0.25, 0.3) is 0 Å². The van der Waals surface area contributed by atoms with E-state index in [0.717, 1.165) is 11.4 Å². The number of aryl methyl sites for hydroxylation is 2. The fourth-order valence-electron chi connectivity index (χ4n) is 2.05. The molecule has 1 aromatic carbocycles. The van der Waals surface area contributed by atoms with Gasteiger partial charge in [0.05, 0.1) is 5.69 Å². The van der Waals surface area contributed by atoms with Gasteiger partial charge < -0.3 is 0 Å². The lowest BCUT2D eigenvalue weighted by Gasteiger charge is -2.25. The molecule has 0 radical (unpaired) electrons. The molecule has 1 aliphatic heterocycles. The van der Waals surface area contributed by atoms with E-state index in [-0.39, 0.29) is 5.82 Å². The molecule has 0 unspecified atom stereocenters. The summed E-state index contributed by atoms with van der Waals surface area (Å²) in [5.74, 6) is 6.37. The van der Waals surface area contributed by atoms with E-state index in [1.807, 2.05) is 19.9 Å². The van der Waals surface area contributed by atoms with Crippen LogP contribution in [0.1, 0.15) is 17.0 Å². The molecule has 108 valence electrons. The Morgan fingerprint density at radius 3 is 2.43 bits per heavy atom. The van der Waals surface area contributed by atoms with Crippen molar-refractivity contribution < 1.29 is 4.39 Å². The highest BCUT2D eigenvalue weighted by Crippen LogP contribution is 2.09. The van der Waals surface area contributed by atoms with Gasteiger partial charge in [-0.25, -0.2) is 20.3 Å². The van der Waals surface area contributed by atoms with Crippen LogP contribution >= 0.6 is 0 Å². The van der Waals surface area contributed by atoms with Gasteiger partial charge in [0.2, 0.25) is 0 Å². The second-order valence-electron chi connectivity index (χ2n) is 4.67. The van der Waals surface area contributed by atoms with Crippen LogP contribution in [0, 0.1) is 19.7 Å². The van der Waals surface area contributed by atoms with E-state index in [1.54, 1.807) is 16.8 Å². The molecule has 2 heterocycles. The topological polar surface area (TPSA) is 83.8 Å². The van der Waals surface area contributed by atoms with Crippen molar-refractivity contribution in [1.82, 2.24) is 20.3 Å². The molecule has 8 heteroatoms. The van der Waals surface area contributed by atoms with Crippen LogP contribution in [0.15, 0.2) is 40.5 Å². The summed E-state index contributed by atoms with van der Waals surface area (Å²) in [6, 6.07) is 7.77. The molecule has 21 heavy (non-hydrogen) atoms. The van der Waals surface area contributed by atoms with Gasteiger partial charge in [-0.1, -0.05) is 0 Å². The maximum absolute atomic E-state index is 12.9. The lowest BCUT2D eigenvalue weighted by atomic mass is 10.2. The number of hydrogen-bond donors (Lipinski definition) is 2. The van der Waals surface area contributed by atoms with E-state index >= 15 is 0 Å². The van der Waals surface area contributed by atoms with Gasteiger partial charge in [0.1, 0.15) is 5.82 Å². The van der Waals surface area contributed by atoms with Gasteiger partial charge in [0.15, 0.2) is 5.84 Å². The Morgan fingerprint density at radius 1 is 1.14 bits per heavy atom. The summed E-state index contributed by atoms with van der Waals surface area (Å²) in [4.78, 5) is 0. The summed E-state index contributed by atoms with van der Waals surface area (Å²) in [5, 5.41) is 13.7. The normalized spacial score (nSPS) is 14.6. The van der Waals surface area contributed by atoms with Crippen molar-refractivity contribution in [3.05, 3.63) is 53.1 Å². The molecule has 0 amide bonds. The number of benzene rings is 1. The monoisotopic (exact) mass is 287 g/mol. The van der Waals surface area contributed by atoms with E-state index in [0.29, 0.717) is 17.4 Å². The zero-order valence-electron chi connectivity index (χ0n) is 11.6. The van der Waals surface area contributed by atoms with E-state index in [2.05, 4.69) is 20.7 Å². The van der Waals surface area contributed by atoms with Crippen molar-refractivity contribution in [2.75, 3.05) is 0 Å². The SMILES string of the molecule is Cc1cc(C)n(C2=NN=C(c3ccc(F)cc3)N(N)N2)n1. The largest absolute Gasteiger partial charge is 0.264 e. The van der Waals surface area contributed by atoms with Crippen LogP contribution in [0.3, 0.4) is 0 Å². The first kappa shape index (κ1) is 13.3. The minimum absolute atomic E-state index is 0.321. The fourth-order valence-corrected chi connectivity index (χ4v) is 2.05. The Balaban J connectivity index is 1.95. The van der Waals surface area contributed by atoms with E-state index in [9.17, 15) is 4.39 Å². The summed E-state index contributed by atoms with van der Waals surface area (Å²) in [6.45, 7) is 3.80. The standard InChI is InChI=1S/C13H14FN7/c1-8-7-9(2)20(18-8)13-17-16-12(21(15)19-13)10-3-5-11(14)6-4-10/h3-7H,15H2,1-2H3,(H,17,19). The molecular formula is C13H14FN7. The van der Waals surface area contributed by atoms with Crippen molar-refractivity contribution in [2.24, 2.45) is 16.0 Å². The first-order valence-electron chi connectivity index (χ1n) is 6.31. The van der Waals surface area contributed by atoms with E-state index in [4.69, 9.17) is 5.84 Å². The first-order chi connectivity index (χ1) is 10.0. The molecule has 1 aromatic heterocycles. The molecule has 0 fully saturated rings. The zero-order valence-corrected chi connectivity index (χ0v) is 11.6. The summed E-state index contributed by atoms with van der Waals surface area (Å²) in [5.41, 5.74) is 5.32. The van der Waals surface area contributed by atoms with Crippen LogP contribution < -0.4 is 11.3 Å². The van der Waals surface area contributed by atoms with Crippen LogP contribution in [0.4, 0.5) is 4.39 Å². The smallest absolute Gasteiger partial charge is 0.248 e. The van der Waals surface area contributed by atoms with Crippen molar-refractivity contribution in [2.45, 2.75) is 13.8 Å². The van der Waals surface area contributed by atoms with Crippen molar-refractivity contribution in [1.29, 1.82) is 0 Å². The highest BCUT2D eigenvalue weighted by Gasteiger charge is 2.19. The highest BCUT2D eigenvalue weighted by atomic mass is 19.1. The van der Waals surface area contributed by atoms with Crippen molar-refractivity contribution in [3.8, 4) is 0 Å². The number of aromatic nitrogens is 2. The number of nitrogens with two attached hydrogens (primary N) is 1. The molecule has 0 saturated carbocycles. The number of hydrogen-bond acceptors (Lipinski definition) is 6. The molecule has 0 aliphatic carbocycles. The third-order valence-corrected chi connectivity index (χ3v) is 3.00. The number of nitrogens with one attached hydrogen (secondary N) is 1. The lowest BCUT2D eigenvalue weighted by molar-refractivity contribution is 0.376. The lowest BCUT2D eigenvalue weighted by Crippen LogP contribution is -2.55. The molecule has 1 aliphatic rings. The number of halogens is 1. The minimum Gasteiger partial charge on any atom is -0.248 e. The molecule has 2 aromatic rings. The predicted octanol–water partition coefficient (Wildman–Crippen LogP) is 0.899. The van der Waals surface area contributed by atoms with Crippen molar-refractivity contribution in [3.63, 3.8) is 0 Å². The van der Waals surface area contributed by atoms with Gasteiger partial charge in [0, 0.05) is 11.3 Å². The summed E-state index contributed by atoms with van der Waals surface area (Å²) >= 11 is 0. The fraction of sp³-hybridized carbons (Fsp3) is 0.154.